The Kier molecular flexibility index (Phi) is 6.85. The number of benzene rings is 2. The molecule has 1 amide bonds. The number of ether oxygens (including phenoxy) is 2. The highest BCUT2D eigenvalue weighted by molar-refractivity contribution is 5.80. The number of amides is 1. The van der Waals surface area contributed by atoms with Crippen molar-refractivity contribution in [2.75, 3.05) is 19.8 Å². The van der Waals surface area contributed by atoms with Gasteiger partial charge in [0.05, 0.1) is 12.3 Å². The minimum Gasteiger partial charge on any atom is -0.481 e. The fourth-order valence-electron chi connectivity index (χ4n) is 3.51. The van der Waals surface area contributed by atoms with E-state index >= 15 is 0 Å². The first-order valence-corrected chi connectivity index (χ1v) is 9.59. The molecule has 3 rings (SSSR count). The van der Waals surface area contributed by atoms with Crippen LogP contribution < -0.4 is 5.32 Å². The number of carboxylic acid groups (broad SMARTS) is 1. The van der Waals surface area contributed by atoms with Crippen LogP contribution in [0.3, 0.4) is 0 Å². The molecule has 2 N–H and O–H groups in total. The van der Waals surface area contributed by atoms with Crippen molar-refractivity contribution in [3.63, 3.8) is 0 Å². The van der Waals surface area contributed by atoms with Crippen LogP contribution in [0.1, 0.15) is 23.5 Å². The molecule has 0 heterocycles. The number of carbonyl (C=O) groups excluding carboxylic acids is 2. The number of carboxylic acids is 1. The van der Waals surface area contributed by atoms with Gasteiger partial charge in [-0.1, -0.05) is 61.2 Å². The zero-order chi connectivity index (χ0) is 21.5. The van der Waals surface area contributed by atoms with Crippen LogP contribution in [0.2, 0.25) is 0 Å². The molecule has 0 aromatic heterocycles. The number of esters is 1. The van der Waals surface area contributed by atoms with Gasteiger partial charge in [0.15, 0.2) is 0 Å². The average molecular weight is 409 g/mol. The van der Waals surface area contributed by atoms with E-state index in [2.05, 4.69) is 11.9 Å². The van der Waals surface area contributed by atoms with Crippen molar-refractivity contribution in [1.82, 2.24) is 5.32 Å². The van der Waals surface area contributed by atoms with Crippen LogP contribution in [-0.4, -0.2) is 42.9 Å². The van der Waals surface area contributed by atoms with Gasteiger partial charge in [-0.2, -0.15) is 0 Å². The van der Waals surface area contributed by atoms with Crippen molar-refractivity contribution in [1.29, 1.82) is 0 Å². The smallest absolute Gasteiger partial charge is 0.407 e. The van der Waals surface area contributed by atoms with Gasteiger partial charge in [-0.3, -0.25) is 9.59 Å². The van der Waals surface area contributed by atoms with Gasteiger partial charge in [-0.25, -0.2) is 4.79 Å². The van der Waals surface area contributed by atoms with Crippen molar-refractivity contribution in [2.24, 2.45) is 5.92 Å². The van der Waals surface area contributed by atoms with Crippen LogP contribution in [-0.2, 0) is 19.1 Å². The summed E-state index contributed by atoms with van der Waals surface area (Å²) in [4.78, 5) is 35.1. The lowest BCUT2D eigenvalue weighted by atomic mass is 9.98. The molecule has 0 aliphatic heterocycles. The molecule has 0 bridgehead atoms. The van der Waals surface area contributed by atoms with Gasteiger partial charge in [0.1, 0.15) is 13.2 Å². The van der Waals surface area contributed by atoms with Gasteiger partial charge in [0, 0.05) is 12.5 Å². The second-order valence-electron chi connectivity index (χ2n) is 6.92. The van der Waals surface area contributed by atoms with Crippen molar-refractivity contribution >= 4 is 18.0 Å². The topological polar surface area (TPSA) is 102 Å². The van der Waals surface area contributed by atoms with Crippen LogP contribution in [0, 0.1) is 5.92 Å². The molecule has 2 aromatic carbocycles. The zero-order valence-electron chi connectivity index (χ0n) is 16.4. The number of hydrogen-bond acceptors (Lipinski definition) is 5. The highest BCUT2D eigenvalue weighted by Crippen LogP contribution is 2.44. The number of aliphatic carboxylic acids is 1. The summed E-state index contributed by atoms with van der Waals surface area (Å²) in [5.74, 6) is -3.07. The molecule has 156 valence electrons. The standard InChI is InChI=1S/C23H23NO6/c1-2-11-29-21(25)12-15(22(26)27)13-24-23(28)30-14-20-18-9-5-3-7-16(18)17-8-4-6-10-19(17)20/h2-10,15,20H,1,11-14H2,(H,24,28)(H,26,27)/t15-/m0/s1. The largest absolute Gasteiger partial charge is 0.481 e. The van der Waals surface area contributed by atoms with E-state index in [1.807, 2.05) is 48.5 Å². The lowest BCUT2D eigenvalue weighted by molar-refractivity contribution is -0.150. The van der Waals surface area contributed by atoms with Gasteiger partial charge in [0.2, 0.25) is 0 Å². The minimum absolute atomic E-state index is 0.00494. The van der Waals surface area contributed by atoms with Crippen molar-refractivity contribution in [3.05, 3.63) is 72.3 Å². The summed E-state index contributed by atoms with van der Waals surface area (Å²) in [6.07, 6.45) is 0.303. The fraction of sp³-hybridized carbons (Fsp3) is 0.261. The van der Waals surface area contributed by atoms with E-state index in [-0.39, 0.29) is 32.1 Å². The molecule has 0 unspecified atom stereocenters. The highest BCUT2D eigenvalue weighted by Gasteiger charge is 2.29. The molecule has 0 spiro atoms. The summed E-state index contributed by atoms with van der Waals surface area (Å²) in [7, 11) is 0. The normalized spacial score (nSPS) is 12.9. The fourth-order valence-corrected chi connectivity index (χ4v) is 3.51. The van der Waals surface area contributed by atoms with E-state index in [4.69, 9.17) is 9.47 Å². The molecule has 0 saturated heterocycles. The Morgan fingerprint density at radius 2 is 1.63 bits per heavy atom. The van der Waals surface area contributed by atoms with E-state index < -0.39 is 23.9 Å². The zero-order valence-corrected chi connectivity index (χ0v) is 16.4. The van der Waals surface area contributed by atoms with E-state index in [0.717, 1.165) is 22.3 Å². The molecule has 1 aliphatic rings. The highest BCUT2D eigenvalue weighted by atomic mass is 16.5. The average Bonchev–Trinajstić information content (AvgIpc) is 3.07. The monoisotopic (exact) mass is 409 g/mol. The Labute approximate surface area is 174 Å². The van der Waals surface area contributed by atoms with Gasteiger partial charge < -0.3 is 19.9 Å². The van der Waals surface area contributed by atoms with Gasteiger partial charge in [0.25, 0.3) is 0 Å². The quantitative estimate of drug-likeness (QED) is 0.486. The molecule has 2 aromatic rings. The molecule has 0 radical (unpaired) electrons. The SMILES string of the molecule is C=CCOC(=O)C[C@@H](CNC(=O)OCC1c2ccccc2-c2ccccc21)C(=O)O. The number of carbonyl (C=O) groups is 3. The second kappa shape index (κ2) is 9.73. The first-order chi connectivity index (χ1) is 14.5. The van der Waals surface area contributed by atoms with Crippen molar-refractivity contribution in [2.45, 2.75) is 12.3 Å². The van der Waals surface area contributed by atoms with E-state index in [9.17, 15) is 19.5 Å². The summed E-state index contributed by atoms with van der Waals surface area (Å²) in [5, 5.41) is 11.7. The molecule has 0 saturated carbocycles. The minimum atomic E-state index is -1.20. The van der Waals surface area contributed by atoms with Crippen molar-refractivity contribution < 1.29 is 29.0 Å². The van der Waals surface area contributed by atoms with Crippen LogP contribution in [0.25, 0.3) is 11.1 Å². The Balaban J connectivity index is 1.56. The van der Waals surface area contributed by atoms with Gasteiger partial charge in [-0.05, 0) is 22.3 Å². The maximum Gasteiger partial charge on any atom is 0.407 e. The van der Waals surface area contributed by atoms with E-state index in [0.29, 0.717) is 0 Å². The maximum atomic E-state index is 12.2. The lowest BCUT2D eigenvalue weighted by Crippen LogP contribution is -2.35. The predicted molar refractivity (Wildman–Crippen MR) is 110 cm³/mol. The summed E-state index contributed by atoms with van der Waals surface area (Å²) in [6.45, 7) is 3.31. The summed E-state index contributed by atoms with van der Waals surface area (Å²) in [6, 6.07) is 15.9. The van der Waals surface area contributed by atoms with E-state index in [1.165, 1.54) is 6.08 Å². The number of fused-ring (bicyclic) bond motifs is 3. The van der Waals surface area contributed by atoms with Crippen LogP contribution >= 0.6 is 0 Å². The molecular formula is C23H23NO6. The summed E-state index contributed by atoms with van der Waals surface area (Å²) >= 11 is 0. The van der Waals surface area contributed by atoms with Gasteiger partial charge in [-0.15, -0.1) is 0 Å². The molecule has 7 heteroatoms. The first kappa shape index (κ1) is 21.1. The van der Waals surface area contributed by atoms with Crippen LogP contribution in [0.4, 0.5) is 4.79 Å². The second-order valence-corrected chi connectivity index (χ2v) is 6.92. The third kappa shape index (κ3) is 4.86. The Morgan fingerprint density at radius 3 is 2.20 bits per heavy atom. The molecule has 30 heavy (non-hydrogen) atoms. The first-order valence-electron chi connectivity index (χ1n) is 9.59. The summed E-state index contributed by atoms with van der Waals surface area (Å²) < 4.78 is 10.2. The Hall–Kier alpha value is -3.61. The number of hydrogen-bond donors (Lipinski definition) is 2. The maximum absolute atomic E-state index is 12.2. The Bertz CT molecular complexity index is 909. The van der Waals surface area contributed by atoms with Crippen molar-refractivity contribution in [3.8, 4) is 11.1 Å². The third-order valence-corrected chi connectivity index (χ3v) is 4.96. The van der Waals surface area contributed by atoms with Crippen LogP contribution in [0.15, 0.2) is 61.2 Å². The number of alkyl carbamates (subject to hydrolysis) is 1. The summed E-state index contributed by atoms with van der Waals surface area (Å²) in [5.41, 5.74) is 4.40. The number of rotatable bonds is 9. The van der Waals surface area contributed by atoms with Crippen LogP contribution in [0.5, 0.6) is 0 Å². The Morgan fingerprint density at radius 1 is 1.03 bits per heavy atom. The van der Waals surface area contributed by atoms with E-state index in [1.54, 1.807) is 0 Å². The predicted octanol–water partition coefficient (Wildman–Crippen LogP) is 3.35. The lowest BCUT2D eigenvalue weighted by Gasteiger charge is -2.16. The third-order valence-electron chi connectivity index (χ3n) is 4.96. The molecular weight excluding hydrogens is 386 g/mol. The molecule has 7 nitrogen and oxygen atoms in total. The molecule has 0 fully saturated rings. The number of nitrogens with one attached hydrogen (secondary N) is 1. The molecule has 1 atom stereocenters. The molecule has 1 aliphatic carbocycles. The van der Waals surface area contributed by atoms with Gasteiger partial charge >= 0.3 is 18.0 Å².